The molecule has 0 unspecified atom stereocenters. The van der Waals surface area contributed by atoms with Crippen molar-refractivity contribution in [3.63, 3.8) is 0 Å². The van der Waals surface area contributed by atoms with Crippen LogP contribution in [0, 0.1) is 12.8 Å². The highest BCUT2D eigenvalue weighted by molar-refractivity contribution is 5.93. The third kappa shape index (κ3) is 4.50. The summed E-state index contributed by atoms with van der Waals surface area (Å²) in [5.74, 6) is 0.390. The number of amides is 1. The minimum absolute atomic E-state index is 0.0938. The van der Waals surface area contributed by atoms with Gasteiger partial charge in [0.2, 0.25) is 5.91 Å². The van der Waals surface area contributed by atoms with Crippen molar-refractivity contribution in [2.75, 3.05) is 26.8 Å². The van der Waals surface area contributed by atoms with Gasteiger partial charge in [-0.3, -0.25) is 9.59 Å². The lowest BCUT2D eigenvalue weighted by atomic mass is 9.91. The molecule has 184 valence electrons. The molecule has 2 aromatic rings. The molecular formula is C26H33NO7. The lowest BCUT2D eigenvalue weighted by Crippen LogP contribution is -2.43. The summed E-state index contributed by atoms with van der Waals surface area (Å²) in [7, 11) is 1.56. The molecule has 1 aromatic carbocycles. The normalized spacial score (nSPS) is 19.3. The van der Waals surface area contributed by atoms with Gasteiger partial charge in [0, 0.05) is 24.7 Å². The summed E-state index contributed by atoms with van der Waals surface area (Å²) >= 11 is 0. The number of esters is 1. The molecule has 8 heteroatoms. The van der Waals surface area contributed by atoms with Gasteiger partial charge in [-0.2, -0.15) is 0 Å². The van der Waals surface area contributed by atoms with Crippen LogP contribution in [0.2, 0.25) is 0 Å². The highest BCUT2D eigenvalue weighted by Crippen LogP contribution is 2.43. The summed E-state index contributed by atoms with van der Waals surface area (Å²) in [6.07, 6.45) is 2.83. The zero-order valence-corrected chi connectivity index (χ0v) is 20.6. The molecular weight excluding hydrogens is 438 g/mol. The third-order valence-electron chi connectivity index (χ3n) is 6.88. The van der Waals surface area contributed by atoms with Crippen LogP contribution in [-0.2, 0) is 27.2 Å². The second kappa shape index (κ2) is 9.31. The fourth-order valence-electron chi connectivity index (χ4n) is 4.97. The first-order valence-corrected chi connectivity index (χ1v) is 11.9. The monoisotopic (exact) mass is 471 g/mol. The van der Waals surface area contributed by atoms with Gasteiger partial charge in [-0.15, -0.1) is 0 Å². The Morgan fingerprint density at radius 2 is 2.06 bits per heavy atom. The summed E-state index contributed by atoms with van der Waals surface area (Å²) in [5.41, 5.74) is 1.44. The molecule has 1 atom stereocenters. The zero-order valence-electron chi connectivity index (χ0n) is 20.6. The van der Waals surface area contributed by atoms with Crippen molar-refractivity contribution < 1.29 is 28.2 Å². The van der Waals surface area contributed by atoms with Crippen molar-refractivity contribution in [3.8, 4) is 11.5 Å². The van der Waals surface area contributed by atoms with Gasteiger partial charge in [-0.05, 0) is 58.9 Å². The van der Waals surface area contributed by atoms with Gasteiger partial charge in [0.25, 0.3) is 0 Å². The number of nitrogens with zero attached hydrogens (tertiary/aromatic N) is 1. The predicted molar refractivity (Wildman–Crippen MR) is 126 cm³/mol. The number of ether oxygens (including phenoxy) is 3. The maximum absolute atomic E-state index is 13.1. The summed E-state index contributed by atoms with van der Waals surface area (Å²) in [6.45, 7) is 8.81. The van der Waals surface area contributed by atoms with Crippen LogP contribution in [0.5, 0.6) is 11.5 Å². The van der Waals surface area contributed by atoms with Gasteiger partial charge in [-0.25, -0.2) is 4.79 Å². The van der Waals surface area contributed by atoms with Crippen molar-refractivity contribution >= 4 is 22.8 Å². The standard InChI is InChI=1S/C26H33NO7/c1-6-32-24(29)16-8-7-11-27(14-16)21(28)12-18-15(2)22-20(31-5)13-19-17(23(22)33-25(18)30)9-10-26(3,4)34-19/h13,16H,6-12,14H2,1-5H3/t16-/m0/s1. The zero-order chi connectivity index (χ0) is 24.6. The molecule has 1 amide bonds. The molecule has 0 bridgehead atoms. The van der Waals surface area contributed by atoms with Gasteiger partial charge in [0.1, 0.15) is 22.7 Å². The summed E-state index contributed by atoms with van der Waals surface area (Å²) in [6, 6.07) is 1.84. The lowest BCUT2D eigenvalue weighted by Gasteiger charge is -2.33. The van der Waals surface area contributed by atoms with Gasteiger partial charge in [-0.1, -0.05) is 0 Å². The van der Waals surface area contributed by atoms with E-state index in [2.05, 4.69) is 0 Å². The number of hydrogen-bond donors (Lipinski definition) is 0. The lowest BCUT2D eigenvalue weighted by molar-refractivity contribution is -0.151. The van der Waals surface area contributed by atoms with Gasteiger partial charge in [0.15, 0.2) is 0 Å². The van der Waals surface area contributed by atoms with Gasteiger partial charge < -0.3 is 23.5 Å². The summed E-state index contributed by atoms with van der Waals surface area (Å²) in [4.78, 5) is 40.0. The Labute approximate surface area is 199 Å². The average molecular weight is 472 g/mol. The fraction of sp³-hybridized carbons (Fsp3) is 0.577. The van der Waals surface area contributed by atoms with Gasteiger partial charge >= 0.3 is 11.6 Å². The number of likely N-dealkylation sites (tertiary alicyclic amines) is 1. The fourth-order valence-corrected chi connectivity index (χ4v) is 4.97. The number of methoxy groups -OCH3 is 1. The topological polar surface area (TPSA) is 95.3 Å². The molecule has 1 fully saturated rings. The number of carbonyl (C=O) groups excluding carboxylic acids is 2. The summed E-state index contributed by atoms with van der Waals surface area (Å²) < 4.78 is 22.7. The number of fused-ring (bicyclic) bond motifs is 3. The van der Waals surface area contributed by atoms with E-state index < -0.39 is 5.63 Å². The Bertz CT molecular complexity index is 1180. The van der Waals surface area contributed by atoms with Crippen LogP contribution in [0.25, 0.3) is 11.0 Å². The van der Waals surface area contributed by atoms with Crippen LogP contribution in [0.4, 0.5) is 0 Å². The first kappa shape index (κ1) is 24.1. The van der Waals surface area contributed by atoms with Crippen LogP contribution in [0.3, 0.4) is 0 Å². The number of aryl methyl sites for hydroxylation is 2. The number of hydrogen-bond acceptors (Lipinski definition) is 7. The molecule has 0 saturated carbocycles. The Hall–Kier alpha value is -3.03. The molecule has 0 N–H and O–H groups in total. The number of benzene rings is 1. The third-order valence-corrected chi connectivity index (χ3v) is 6.88. The summed E-state index contributed by atoms with van der Waals surface area (Å²) in [5, 5.41) is 0.690. The Balaban J connectivity index is 1.67. The molecule has 0 aliphatic carbocycles. The Kier molecular flexibility index (Phi) is 6.60. The second-order valence-electron chi connectivity index (χ2n) is 9.72. The van der Waals surface area contributed by atoms with Crippen LogP contribution in [0.15, 0.2) is 15.3 Å². The molecule has 3 heterocycles. The molecule has 0 radical (unpaired) electrons. The number of carbonyl (C=O) groups is 2. The van der Waals surface area contributed by atoms with E-state index in [-0.39, 0.29) is 29.8 Å². The highest BCUT2D eigenvalue weighted by Gasteiger charge is 2.33. The largest absolute Gasteiger partial charge is 0.496 e. The number of rotatable bonds is 5. The molecule has 8 nitrogen and oxygen atoms in total. The average Bonchev–Trinajstić information content (AvgIpc) is 2.80. The van der Waals surface area contributed by atoms with Crippen molar-refractivity contribution in [2.24, 2.45) is 5.92 Å². The van der Waals surface area contributed by atoms with Crippen molar-refractivity contribution in [1.82, 2.24) is 4.90 Å². The maximum Gasteiger partial charge on any atom is 0.340 e. The second-order valence-corrected chi connectivity index (χ2v) is 9.72. The smallest absolute Gasteiger partial charge is 0.340 e. The first-order valence-electron chi connectivity index (χ1n) is 11.9. The van der Waals surface area contributed by atoms with E-state index in [9.17, 15) is 14.4 Å². The van der Waals surface area contributed by atoms with E-state index in [1.54, 1.807) is 18.9 Å². The Morgan fingerprint density at radius 1 is 1.29 bits per heavy atom. The minimum atomic E-state index is -0.530. The minimum Gasteiger partial charge on any atom is -0.496 e. The Morgan fingerprint density at radius 3 is 2.76 bits per heavy atom. The van der Waals surface area contributed by atoms with E-state index in [0.717, 1.165) is 18.4 Å². The quantitative estimate of drug-likeness (QED) is 0.486. The van der Waals surface area contributed by atoms with E-state index in [4.69, 9.17) is 18.6 Å². The van der Waals surface area contributed by atoms with Crippen molar-refractivity contribution in [2.45, 2.75) is 65.4 Å². The molecule has 1 saturated heterocycles. The first-order chi connectivity index (χ1) is 16.1. The van der Waals surface area contributed by atoms with E-state index in [1.807, 2.05) is 26.8 Å². The van der Waals surface area contributed by atoms with Crippen LogP contribution in [0.1, 0.15) is 56.7 Å². The molecule has 34 heavy (non-hydrogen) atoms. The van der Waals surface area contributed by atoms with Crippen molar-refractivity contribution in [3.05, 3.63) is 33.2 Å². The molecule has 2 aliphatic heterocycles. The maximum atomic E-state index is 13.1. The highest BCUT2D eigenvalue weighted by atomic mass is 16.5. The van der Waals surface area contributed by atoms with E-state index in [0.29, 0.717) is 66.1 Å². The SMILES string of the molecule is CCOC(=O)[C@H]1CCCN(C(=O)Cc2c(C)c3c(OC)cc4c(c3oc2=O)CCC(C)(C)O4)C1. The van der Waals surface area contributed by atoms with Gasteiger partial charge in [0.05, 0.1) is 37.0 Å². The molecule has 2 aliphatic rings. The van der Waals surface area contributed by atoms with Crippen LogP contribution >= 0.6 is 0 Å². The van der Waals surface area contributed by atoms with Crippen LogP contribution < -0.4 is 15.1 Å². The molecule has 1 aromatic heterocycles. The number of piperidine rings is 1. The predicted octanol–water partition coefficient (Wildman–Crippen LogP) is 3.56. The van der Waals surface area contributed by atoms with E-state index >= 15 is 0 Å². The molecule has 4 rings (SSSR count). The van der Waals surface area contributed by atoms with E-state index in [1.165, 1.54) is 0 Å². The van der Waals surface area contributed by atoms with Crippen LogP contribution in [-0.4, -0.2) is 49.2 Å². The van der Waals surface area contributed by atoms with Crippen molar-refractivity contribution in [1.29, 1.82) is 0 Å². The molecule has 0 spiro atoms.